The lowest BCUT2D eigenvalue weighted by molar-refractivity contribution is 0.889. The van der Waals surface area contributed by atoms with Crippen LogP contribution in [0.25, 0.3) is 0 Å². The summed E-state index contributed by atoms with van der Waals surface area (Å²) in [7, 11) is 2.01. The molecule has 18 heavy (non-hydrogen) atoms. The Kier molecular flexibility index (Phi) is 4.45. The first-order valence-corrected chi connectivity index (χ1v) is 6.57. The van der Waals surface area contributed by atoms with Gasteiger partial charge in [0.15, 0.2) is 0 Å². The third kappa shape index (κ3) is 3.15. The number of halogens is 2. The van der Waals surface area contributed by atoms with Gasteiger partial charge < -0.3 is 4.90 Å². The molecule has 2 aromatic rings. The SMILES string of the molecule is CN(Cc1ccc(Cl)cc1)c1ncccc1CCl. The first kappa shape index (κ1) is 13.2. The van der Waals surface area contributed by atoms with Crippen molar-refractivity contribution in [3.8, 4) is 0 Å². The zero-order valence-corrected chi connectivity index (χ0v) is 11.6. The molecule has 0 N–H and O–H groups in total. The number of nitrogens with zero attached hydrogens (tertiary/aromatic N) is 2. The number of hydrogen-bond donors (Lipinski definition) is 0. The van der Waals surface area contributed by atoms with Gasteiger partial charge in [-0.05, 0) is 23.8 Å². The fraction of sp³-hybridized carbons (Fsp3) is 0.214. The first-order valence-electron chi connectivity index (χ1n) is 5.66. The molecule has 4 heteroatoms. The van der Waals surface area contributed by atoms with E-state index < -0.39 is 0 Å². The van der Waals surface area contributed by atoms with E-state index in [2.05, 4.69) is 9.88 Å². The van der Waals surface area contributed by atoms with Crippen LogP contribution in [0.4, 0.5) is 5.82 Å². The van der Waals surface area contributed by atoms with E-state index in [1.807, 2.05) is 43.4 Å². The number of anilines is 1. The topological polar surface area (TPSA) is 16.1 Å². The standard InChI is InChI=1S/C14H14Cl2N2/c1-18(10-11-4-6-13(16)7-5-11)14-12(9-15)3-2-8-17-14/h2-8H,9-10H2,1H3. The summed E-state index contributed by atoms with van der Waals surface area (Å²) in [4.78, 5) is 6.46. The van der Waals surface area contributed by atoms with Gasteiger partial charge in [-0.3, -0.25) is 0 Å². The molecule has 0 aliphatic rings. The van der Waals surface area contributed by atoms with Crippen molar-refractivity contribution in [2.24, 2.45) is 0 Å². The number of hydrogen-bond acceptors (Lipinski definition) is 2. The average molecular weight is 281 g/mol. The van der Waals surface area contributed by atoms with Crippen LogP contribution in [0.1, 0.15) is 11.1 Å². The summed E-state index contributed by atoms with van der Waals surface area (Å²) in [5, 5.41) is 0.751. The molecule has 0 spiro atoms. The van der Waals surface area contributed by atoms with E-state index >= 15 is 0 Å². The van der Waals surface area contributed by atoms with Crippen LogP contribution in [0.15, 0.2) is 42.6 Å². The van der Waals surface area contributed by atoms with Crippen molar-refractivity contribution in [2.45, 2.75) is 12.4 Å². The molecular formula is C14H14Cl2N2. The predicted octanol–water partition coefficient (Wildman–Crippen LogP) is 4.11. The predicted molar refractivity (Wildman–Crippen MR) is 77.4 cm³/mol. The molecule has 1 aromatic heterocycles. The van der Waals surface area contributed by atoms with E-state index in [1.165, 1.54) is 5.56 Å². The Morgan fingerprint density at radius 2 is 1.89 bits per heavy atom. The summed E-state index contributed by atoms with van der Waals surface area (Å²) >= 11 is 11.8. The number of aromatic nitrogens is 1. The highest BCUT2D eigenvalue weighted by Crippen LogP contribution is 2.20. The third-order valence-electron chi connectivity index (χ3n) is 2.71. The van der Waals surface area contributed by atoms with Gasteiger partial charge in [-0.25, -0.2) is 4.98 Å². The van der Waals surface area contributed by atoms with Crippen molar-refractivity contribution in [3.05, 3.63) is 58.7 Å². The van der Waals surface area contributed by atoms with Gasteiger partial charge in [-0.2, -0.15) is 0 Å². The Morgan fingerprint density at radius 3 is 2.56 bits per heavy atom. The minimum absolute atomic E-state index is 0.466. The number of rotatable bonds is 4. The molecule has 2 rings (SSSR count). The maximum atomic E-state index is 5.92. The average Bonchev–Trinajstić information content (AvgIpc) is 2.41. The maximum Gasteiger partial charge on any atom is 0.132 e. The molecule has 0 aliphatic heterocycles. The molecule has 0 bridgehead atoms. The molecule has 0 amide bonds. The smallest absolute Gasteiger partial charge is 0.132 e. The molecular weight excluding hydrogens is 267 g/mol. The van der Waals surface area contributed by atoms with E-state index in [0.29, 0.717) is 5.88 Å². The number of pyridine rings is 1. The second-order valence-corrected chi connectivity index (χ2v) is 4.81. The Hall–Kier alpha value is -1.25. The Bertz CT molecular complexity index is 511. The minimum Gasteiger partial charge on any atom is -0.355 e. The van der Waals surface area contributed by atoms with Crippen LogP contribution in [0, 0.1) is 0 Å². The number of alkyl halides is 1. The van der Waals surface area contributed by atoms with Crippen LogP contribution >= 0.6 is 23.2 Å². The fourth-order valence-corrected chi connectivity index (χ4v) is 2.15. The van der Waals surface area contributed by atoms with Crippen molar-refractivity contribution in [1.29, 1.82) is 0 Å². The van der Waals surface area contributed by atoms with Crippen molar-refractivity contribution >= 4 is 29.0 Å². The van der Waals surface area contributed by atoms with Gasteiger partial charge in [-0.15, -0.1) is 11.6 Å². The summed E-state index contributed by atoms with van der Waals surface area (Å²) in [6.07, 6.45) is 1.78. The van der Waals surface area contributed by atoms with Crippen molar-refractivity contribution in [1.82, 2.24) is 4.98 Å². The summed E-state index contributed by atoms with van der Waals surface area (Å²) in [6.45, 7) is 0.776. The van der Waals surface area contributed by atoms with Gasteiger partial charge in [0.1, 0.15) is 5.82 Å². The van der Waals surface area contributed by atoms with Crippen molar-refractivity contribution < 1.29 is 0 Å². The van der Waals surface area contributed by atoms with Crippen LogP contribution in [0.3, 0.4) is 0 Å². The molecule has 1 heterocycles. The normalized spacial score (nSPS) is 10.4. The first-order chi connectivity index (χ1) is 8.70. The van der Waals surface area contributed by atoms with Crippen molar-refractivity contribution in [3.63, 3.8) is 0 Å². The van der Waals surface area contributed by atoms with Crippen LogP contribution < -0.4 is 4.90 Å². The van der Waals surface area contributed by atoms with E-state index in [-0.39, 0.29) is 0 Å². The molecule has 0 saturated carbocycles. The lowest BCUT2D eigenvalue weighted by Gasteiger charge is -2.20. The summed E-state index contributed by atoms with van der Waals surface area (Å²) in [6, 6.07) is 11.7. The van der Waals surface area contributed by atoms with E-state index in [9.17, 15) is 0 Å². The molecule has 0 saturated heterocycles. The highest BCUT2D eigenvalue weighted by atomic mass is 35.5. The lowest BCUT2D eigenvalue weighted by atomic mass is 10.2. The zero-order chi connectivity index (χ0) is 13.0. The molecule has 0 radical (unpaired) electrons. The van der Waals surface area contributed by atoms with Crippen LogP contribution in [-0.4, -0.2) is 12.0 Å². The molecule has 2 nitrogen and oxygen atoms in total. The summed E-state index contributed by atoms with van der Waals surface area (Å²) in [5.41, 5.74) is 2.23. The Labute approximate surface area is 117 Å². The van der Waals surface area contributed by atoms with Gasteiger partial charge in [0.05, 0.1) is 5.88 Å². The van der Waals surface area contributed by atoms with E-state index in [4.69, 9.17) is 23.2 Å². The second kappa shape index (κ2) is 6.07. The summed E-state index contributed by atoms with van der Waals surface area (Å²) in [5.74, 6) is 1.39. The van der Waals surface area contributed by atoms with Gasteiger partial charge in [0.25, 0.3) is 0 Å². The third-order valence-corrected chi connectivity index (χ3v) is 3.25. The molecule has 1 aromatic carbocycles. The monoisotopic (exact) mass is 280 g/mol. The van der Waals surface area contributed by atoms with Crippen LogP contribution in [-0.2, 0) is 12.4 Å². The van der Waals surface area contributed by atoms with Crippen LogP contribution in [0.5, 0.6) is 0 Å². The molecule has 94 valence electrons. The molecule has 0 aliphatic carbocycles. The Balaban J connectivity index is 2.16. The van der Waals surface area contributed by atoms with E-state index in [0.717, 1.165) is 22.9 Å². The highest BCUT2D eigenvalue weighted by molar-refractivity contribution is 6.30. The number of benzene rings is 1. The quantitative estimate of drug-likeness (QED) is 0.784. The van der Waals surface area contributed by atoms with Gasteiger partial charge in [-0.1, -0.05) is 29.8 Å². The molecule has 0 fully saturated rings. The highest BCUT2D eigenvalue weighted by Gasteiger charge is 2.08. The van der Waals surface area contributed by atoms with Gasteiger partial charge in [0.2, 0.25) is 0 Å². The molecule has 0 unspecified atom stereocenters. The minimum atomic E-state index is 0.466. The van der Waals surface area contributed by atoms with E-state index in [1.54, 1.807) is 6.20 Å². The Morgan fingerprint density at radius 1 is 1.17 bits per heavy atom. The maximum absolute atomic E-state index is 5.92. The summed E-state index contributed by atoms with van der Waals surface area (Å²) < 4.78 is 0. The lowest BCUT2D eigenvalue weighted by Crippen LogP contribution is -2.19. The zero-order valence-electron chi connectivity index (χ0n) is 10.1. The second-order valence-electron chi connectivity index (χ2n) is 4.10. The van der Waals surface area contributed by atoms with Gasteiger partial charge >= 0.3 is 0 Å². The fourth-order valence-electron chi connectivity index (χ4n) is 1.82. The largest absolute Gasteiger partial charge is 0.355 e. The molecule has 0 atom stereocenters. The van der Waals surface area contributed by atoms with Gasteiger partial charge in [0, 0.05) is 30.4 Å². The van der Waals surface area contributed by atoms with Crippen molar-refractivity contribution in [2.75, 3.05) is 11.9 Å². The van der Waals surface area contributed by atoms with Crippen LogP contribution in [0.2, 0.25) is 5.02 Å².